The fraction of sp³-hybridized carbons (Fsp3) is 0.593. The van der Waals surface area contributed by atoms with Crippen LogP contribution in [0.5, 0.6) is 0 Å². The summed E-state index contributed by atoms with van der Waals surface area (Å²) in [6.07, 6.45) is -0.489. The van der Waals surface area contributed by atoms with Gasteiger partial charge in [-0.05, 0) is 73.0 Å². The van der Waals surface area contributed by atoms with Crippen molar-refractivity contribution in [1.29, 1.82) is 5.26 Å². The number of halogens is 4. The molecule has 3 N–H and O–H groups in total. The maximum absolute atomic E-state index is 12.2. The highest BCUT2D eigenvalue weighted by atomic mass is 79.9. The lowest BCUT2D eigenvalue weighted by molar-refractivity contribution is -0.169. The molecular formula is C27H36BrF3N6O4. The number of alkyl halides is 3. The molecule has 41 heavy (non-hydrogen) atoms. The molecule has 10 nitrogen and oxygen atoms in total. The molecule has 4 rings (SSSR count). The number of likely N-dealkylation sites (tertiary alicyclic amines) is 1. The fourth-order valence-electron chi connectivity index (χ4n) is 4.86. The second-order valence-electron chi connectivity index (χ2n) is 11.5. The third-order valence-electron chi connectivity index (χ3n) is 6.97. The van der Waals surface area contributed by atoms with Crippen LogP contribution >= 0.6 is 15.9 Å². The van der Waals surface area contributed by atoms with Crippen LogP contribution in [0.25, 0.3) is 5.52 Å². The van der Waals surface area contributed by atoms with Crippen molar-refractivity contribution in [2.24, 2.45) is 23.0 Å². The number of rotatable bonds is 6. The Morgan fingerprint density at radius 2 is 1.88 bits per heavy atom. The highest BCUT2D eigenvalue weighted by molar-refractivity contribution is 9.10. The van der Waals surface area contributed by atoms with Gasteiger partial charge in [-0.3, -0.25) is 14.4 Å². The minimum atomic E-state index is -4.86. The van der Waals surface area contributed by atoms with Crippen LogP contribution in [0.3, 0.4) is 0 Å². The molecule has 0 radical (unpaired) electrons. The number of aromatic nitrogens is 2. The van der Waals surface area contributed by atoms with Gasteiger partial charge in [-0.25, -0.2) is 4.52 Å². The first kappa shape index (κ1) is 34.0. The van der Waals surface area contributed by atoms with E-state index in [0.29, 0.717) is 23.8 Å². The number of hydrogen-bond acceptors (Lipinski definition) is 6. The van der Waals surface area contributed by atoms with Gasteiger partial charge in [0.05, 0.1) is 35.9 Å². The number of nitrogens with two attached hydrogens (primary N) is 1. The molecule has 1 aliphatic carbocycles. The zero-order valence-corrected chi connectivity index (χ0v) is 25.4. The van der Waals surface area contributed by atoms with E-state index >= 15 is 0 Å². The number of primary amides is 1. The van der Waals surface area contributed by atoms with E-state index in [9.17, 15) is 22.8 Å². The van der Waals surface area contributed by atoms with Crippen LogP contribution in [-0.2, 0) is 19.1 Å². The Balaban J connectivity index is 0.000000236. The third kappa shape index (κ3) is 9.16. The molecule has 2 aromatic heterocycles. The van der Waals surface area contributed by atoms with Crippen LogP contribution in [0, 0.1) is 28.6 Å². The van der Waals surface area contributed by atoms with Crippen molar-refractivity contribution < 1.29 is 32.3 Å². The van der Waals surface area contributed by atoms with E-state index in [1.54, 1.807) is 16.9 Å². The number of fused-ring (bicyclic) bond motifs is 2. The predicted molar refractivity (Wildman–Crippen MR) is 148 cm³/mol. The Bertz CT molecular complexity index is 1270. The van der Waals surface area contributed by atoms with E-state index in [0.717, 1.165) is 34.9 Å². The molecule has 2 aromatic rings. The van der Waals surface area contributed by atoms with Crippen molar-refractivity contribution in [3.05, 3.63) is 34.6 Å². The SMILES string of the molecule is C[C@H](CC(=O)N1CC2[C@@H](C1)C2(C)C)OC(C)(C)C.N#CC(NC=O)c1cnn2cccc(Br)c12.NC(=O)C(F)(F)F. The largest absolute Gasteiger partial charge is 0.470 e. The summed E-state index contributed by atoms with van der Waals surface area (Å²) in [6.45, 7) is 14.6. The molecule has 4 atom stereocenters. The van der Waals surface area contributed by atoms with Crippen LogP contribution in [0.1, 0.15) is 59.6 Å². The average molecular weight is 646 g/mol. The van der Waals surface area contributed by atoms with Gasteiger partial charge in [0.1, 0.15) is 6.04 Å². The van der Waals surface area contributed by atoms with Crippen LogP contribution in [0.15, 0.2) is 29.0 Å². The third-order valence-corrected chi connectivity index (χ3v) is 7.61. The van der Waals surface area contributed by atoms with Crippen LogP contribution in [-0.4, -0.2) is 63.7 Å². The zero-order chi connectivity index (χ0) is 31.3. The number of pyridine rings is 1. The van der Waals surface area contributed by atoms with Crippen molar-refractivity contribution in [2.75, 3.05) is 13.1 Å². The Morgan fingerprint density at radius 3 is 2.34 bits per heavy atom. The molecule has 0 aromatic carbocycles. The number of amides is 3. The molecule has 1 aliphatic heterocycles. The van der Waals surface area contributed by atoms with Crippen molar-refractivity contribution in [2.45, 2.75) is 71.9 Å². The smallest absolute Gasteiger partial charge is 0.372 e. The number of nitrogens with one attached hydrogen (secondary N) is 1. The first-order valence-corrected chi connectivity index (χ1v) is 13.7. The summed E-state index contributed by atoms with van der Waals surface area (Å²) in [4.78, 5) is 33.7. The predicted octanol–water partition coefficient (Wildman–Crippen LogP) is 4.14. The van der Waals surface area contributed by atoms with E-state index in [1.165, 1.54) is 0 Å². The van der Waals surface area contributed by atoms with Gasteiger partial charge >= 0.3 is 12.1 Å². The maximum Gasteiger partial charge on any atom is 0.470 e. The number of carbonyl (C=O) groups excluding carboxylic acids is 3. The number of nitriles is 1. The Morgan fingerprint density at radius 1 is 1.32 bits per heavy atom. The van der Waals surface area contributed by atoms with Crippen LogP contribution < -0.4 is 11.1 Å². The van der Waals surface area contributed by atoms with Gasteiger partial charge < -0.3 is 20.7 Å². The molecule has 3 amide bonds. The molecule has 0 spiro atoms. The summed E-state index contributed by atoms with van der Waals surface area (Å²) in [5, 5.41) is 15.5. The highest BCUT2D eigenvalue weighted by Crippen LogP contribution is 2.62. The topological polar surface area (TPSA) is 143 Å². The molecule has 1 saturated carbocycles. The first-order valence-electron chi connectivity index (χ1n) is 12.9. The lowest BCUT2D eigenvalue weighted by Gasteiger charge is -2.27. The fourth-order valence-corrected chi connectivity index (χ4v) is 5.42. The first-order chi connectivity index (χ1) is 18.8. The normalized spacial score (nSPS) is 20.3. The highest BCUT2D eigenvalue weighted by Gasteiger charge is 2.62. The number of hydrogen-bond donors (Lipinski definition) is 2. The van der Waals surface area contributed by atoms with Crippen molar-refractivity contribution in [3.63, 3.8) is 0 Å². The molecule has 14 heteroatoms. The zero-order valence-electron chi connectivity index (χ0n) is 23.8. The van der Waals surface area contributed by atoms with Gasteiger partial charge in [0.25, 0.3) is 0 Å². The van der Waals surface area contributed by atoms with Crippen LogP contribution in [0.2, 0.25) is 0 Å². The lowest BCUT2D eigenvalue weighted by Crippen LogP contribution is -2.36. The maximum atomic E-state index is 12.2. The monoisotopic (exact) mass is 644 g/mol. The molecule has 226 valence electrons. The summed E-state index contributed by atoms with van der Waals surface area (Å²) in [7, 11) is 0. The van der Waals surface area contributed by atoms with Gasteiger partial charge in [0, 0.05) is 29.3 Å². The second kappa shape index (κ2) is 13.2. The van der Waals surface area contributed by atoms with E-state index in [-0.39, 0.29) is 17.6 Å². The van der Waals surface area contributed by atoms with Crippen LogP contribution in [0.4, 0.5) is 13.2 Å². The van der Waals surface area contributed by atoms with E-state index in [1.807, 2.05) is 50.8 Å². The molecular weight excluding hydrogens is 609 g/mol. The molecule has 2 unspecified atom stereocenters. The number of ether oxygens (including phenoxy) is 1. The molecule has 2 aliphatic rings. The van der Waals surface area contributed by atoms with Crippen molar-refractivity contribution in [3.8, 4) is 6.07 Å². The van der Waals surface area contributed by atoms with E-state index in [2.05, 4.69) is 45.9 Å². The average Bonchev–Trinajstić information content (AvgIpc) is 3.26. The molecule has 2 fully saturated rings. The Labute approximate surface area is 245 Å². The van der Waals surface area contributed by atoms with Crippen molar-refractivity contribution >= 4 is 39.7 Å². The number of piperidine rings is 1. The minimum Gasteiger partial charge on any atom is -0.372 e. The summed E-state index contributed by atoms with van der Waals surface area (Å²) >= 11 is 3.39. The quantitative estimate of drug-likeness (QED) is 0.453. The summed E-state index contributed by atoms with van der Waals surface area (Å²) in [5.74, 6) is -0.525. The summed E-state index contributed by atoms with van der Waals surface area (Å²) in [5.41, 5.74) is 5.56. The second-order valence-corrected chi connectivity index (χ2v) is 12.4. The number of carbonyl (C=O) groups is 3. The minimum absolute atomic E-state index is 0.00226. The number of nitrogens with zero attached hydrogens (tertiary/aromatic N) is 4. The van der Waals surface area contributed by atoms with Gasteiger partial charge in [0.2, 0.25) is 12.3 Å². The lowest BCUT2D eigenvalue weighted by atomic mass is 10.1. The Hall–Kier alpha value is -3.18. The van der Waals surface area contributed by atoms with Gasteiger partial charge in [0.15, 0.2) is 0 Å². The summed E-state index contributed by atoms with van der Waals surface area (Å²) in [6, 6.07) is 5.01. The van der Waals surface area contributed by atoms with Gasteiger partial charge in [-0.15, -0.1) is 0 Å². The van der Waals surface area contributed by atoms with Gasteiger partial charge in [-0.2, -0.15) is 23.5 Å². The standard InChI is InChI=1S/C15H27NO2.C10H7BrN4O.C2H2F3NO/c1-10(18-14(2,3)4)7-13(17)16-8-11-12(9-16)15(11,5)6;11-8-2-1-3-15-10(8)7(5-14-15)9(4-12)13-6-16;3-2(4,5)1(6)7/h10-12H,7-9H2,1-6H3;1-3,5-6,9H,(H,13,16);(H2,6,7)/t10-,11-,12?;;/m1../s1. The molecule has 3 heterocycles. The van der Waals surface area contributed by atoms with Crippen molar-refractivity contribution in [1.82, 2.24) is 19.8 Å². The Kier molecular flexibility index (Phi) is 11.0. The van der Waals surface area contributed by atoms with Gasteiger partial charge in [-0.1, -0.05) is 13.8 Å². The molecule has 0 bridgehead atoms. The summed E-state index contributed by atoms with van der Waals surface area (Å²) < 4.78 is 40.4. The van der Waals surface area contributed by atoms with E-state index < -0.39 is 18.1 Å². The molecule has 1 saturated heterocycles. The van der Waals surface area contributed by atoms with E-state index in [4.69, 9.17) is 14.8 Å².